The highest BCUT2D eigenvalue weighted by molar-refractivity contribution is 5.69. The molecule has 0 saturated heterocycles. The normalized spacial score (nSPS) is 12.3. The Morgan fingerprint density at radius 2 is 0.700 bits per heavy atom. The Morgan fingerprint density at radius 1 is 0.467 bits per heavy atom. The quantitative estimate of drug-likeness (QED) is 0.148. The minimum absolute atomic E-state index is 0.0952. The van der Waals surface area contributed by atoms with E-state index in [1.54, 1.807) is 0 Å². The molecule has 0 aliphatic heterocycles. The molecule has 30 heavy (non-hydrogen) atoms. The Balaban J connectivity index is 3.43. The monoisotopic (exact) mass is 424 g/mol. The minimum Gasteiger partial charge on any atom is -0.481 e. The second kappa shape index (κ2) is 24.7. The van der Waals surface area contributed by atoms with E-state index >= 15 is 0 Å². The Hall–Kier alpha value is -0.530. The third-order valence-electron chi connectivity index (χ3n) is 6.66. The van der Waals surface area contributed by atoms with Crippen LogP contribution in [-0.4, -0.2) is 11.1 Å². The van der Waals surface area contributed by atoms with Crippen LogP contribution in [0.3, 0.4) is 0 Å². The van der Waals surface area contributed by atoms with Crippen molar-refractivity contribution in [2.24, 2.45) is 5.92 Å². The SMILES string of the molecule is CCCCCCCCCCCCCCC(CCCCCCCCCCCC)C(=O)O. The summed E-state index contributed by atoms with van der Waals surface area (Å²) in [7, 11) is 0. The summed E-state index contributed by atoms with van der Waals surface area (Å²) in [5, 5.41) is 9.49. The van der Waals surface area contributed by atoms with Gasteiger partial charge in [0.05, 0.1) is 5.92 Å². The molecule has 180 valence electrons. The zero-order chi connectivity index (χ0) is 22.1. The third kappa shape index (κ3) is 22.2. The van der Waals surface area contributed by atoms with Gasteiger partial charge in [-0.25, -0.2) is 0 Å². The van der Waals surface area contributed by atoms with Crippen LogP contribution in [0.5, 0.6) is 0 Å². The van der Waals surface area contributed by atoms with Crippen LogP contribution in [0.15, 0.2) is 0 Å². The van der Waals surface area contributed by atoms with Gasteiger partial charge in [-0.1, -0.05) is 155 Å². The number of hydrogen-bond donors (Lipinski definition) is 1. The molecule has 0 rings (SSSR count). The van der Waals surface area contributed by atoms with E-state index in [-0.39, 0.29) is 5.92 Å². The molecule has 2 nitrogen and oxygen atoms in total. The van der Waals surface area contributed by atoms with Crippen molar-refractivity contribution in [2.75, 3.05) is 0 Å². The second-order valence-electron chi connectivity index (χ2n) is 9.68. The molecule has 0 aliphatic carbocycles. The van der Waals surface area contributed by atoms with Crippen molar-refractivity contribution in [3.8, 4) is 0 Å². The zero-order valence-corrected chi connectivity index (χ0v) is 20.9. The van der Waals surface area contributed by atoms with Crippen LogP contribution in [0.2, 0.25) is 0 Å². The fourth-order valence-corrected chi connectivity index (χ4v) is 4.50. The molecular weight excluding hydrogens is 368 g/mol. The van der Waals surface area contributed by atoms with Crippen molar-refractivity contribution < 1.29 is 9.90 Å². The lowest BCUT2D eigenvalue weighted by atomic mass is 9.94. The van der Waals surface area contributed by atoms with Gasteiger partial charge in [0.25, 0.3) is 0 Å². The maximum atomic E-state index is 11.5. The summed E-state index contributed by atoms with van der Waals surface area (Å²) in [5.41, 5.74) is 0. The number of hydrogen-bond acceptors (Lipinski definition) is 1. The van der Waals surface area contributed by atoms with E-state index in [0.717, 1.165) is 25.7 Å². The molecule has 0 heterocycles. The van der Waals surface area contributed by atoms with Crippen LogP contribution in [0.4, 0.5) is 0 Å². The van der Waals surface area contributed by atoms with Gasteiger partial charge in [-0.3, -0.25) is 4.79 Å². The van der Waals surface area contributed by atoms with Crippen molar-refractivity contribution in [1.29, 1.82) is 0 Å². The van der Waals surface area contributed by atoms with E-state index in [4.69, 9.17) is 0 Å². The van der Waals surface area contributed by atoms with Gasteiger partial charge in [0.2, 0.25) is 0 Å². The van der Waals surface area contributed by atoms with Crippen LogP contribution in [0, 0.1) is 5.92 Å². The van der Waals surface area contributed by atoms with Crippen LogP contribution in [0.1, 0.15) is 168 Å². The molecule has 1 atom stereocenters. The topological polar surface area (TPSA) is 37.3 Å². The predicted octanol–water partition coefficient (Wildman–Crippen LogP) is 10.1. The van der Waals surface area contributed by atoms with Crippen LogP contribution in [0.25, 0.3) is 0 Å². The van der Waals surface area contributed by atoms with E-state index in [1.807, 2.05) is 0 Å². The smallest absolute Gasteiger partial charge is 0.306 e. The summed E-state index contributed by atoms with van der Waals surface area (Å²) in [4.78, 5) is 11.5. The lowest BCUT2D eigenvalue weighted by Crippen LogP contribution is -2.13. The summed E-state index contributed by atoms with van der Waals surface area (Å²) >= 11 is 0. The molecule has 1 unspecified atom stereocenters. The molecular formula is C28H56O2. The zero-order valence-electron chi connectivity index (χ0n) is 20.9. The maximum Gasteiger partial charge on any atom is 0.306 e. The number of rotatable bonds is 25. The maximum absolute atomic E-state index is 11.5. The van der Waals surface area contributed by atoms with E-state index < -0.39 is 5.97 Å². The highest BCUT2D eigenvalue weighted by atomic mass is 16.4. The average Bonchev–Trinajstić information content (AvgIpc) is 2.74. The van der Waals surface area contributed by atoms with Crippen molar-refractivity contribution in [3.05, 3.63) is 0 Å². The summed E-state index contributed by atoms with van der Waals surface area (Å²) < 4.78 is 0. The van der Waals surface area contributed by atoms with Crippen molar-refractivity contribution in [1.82, 2.24) is 0 Å². The number of carbonyl (C=O) groups is 1. The first-order valence-electron chi connectivity index (χ1n) is 13.9. The third-order valence-corrected chi connectivity index (χ3v) is 6.66. The molecule has 1 N–H and O–H groups in total. The minimum atomic E-state index is -0.561. The lowest BCUT2D eigenvalue weighted by molar-refractivity contribution is -0.142. The Morgan fingerprint density at radius 3 is 0.933 bits per heavy atom. The molecule has 0 spiro atoms. The van der Waals surface area contributed by atoms with Gasteiger partial charge in [-0.2, -0.15) is 0 Å². The van der Waals surface area contributed by atoms with E-state index in [1.165, 1.54) is 128 Å². The van der Waals surface area contributed by atoms with Crippen molar-refractivity contribution in [2.45, 2.75) is 168 Å². The number of aliphatic carboxylic acids is 1. The molecule has 0 aromatic heterocycles. The first-order valence-corrected chi connectivity index (χ1v) is 13.9. The van der Waals surface area contributed by atoms with E-state index in [2.05, 4.69) is 13.8 Å². The van der Waals surface area contributed by atoms with E-state index in [0.29, 0.717) is 0 Å². The van der Waals surface area contributed by atoms with Gasteiger partial charge in [-0.05, 0) is 12.8 Å². The Kier molecular flexibility index (Phi) is 24.3. The van der Waals surface area contributed by atoms with Gasteiger partial charge in [0.15, 0.2) is 0 Å². The summed E-state index contributed by atoms with van der Waals surface area (Å²) in [6, 6.07) is 0. The van der Waals surface area contributed by atoms with Crippen LogP contribution >= 0.6 is 0 Å². The molecule has 0 bridgehead atoms. The predicted molar refractivity (Wildman–Crippen MR) is 133 cm³/mol. The van der Waals surface area contributed by atoms with Gasteiger partial charge in [0, 0.05) is 0 Å². The molecule has 0 aliphatic rings. The van der Waals surface area contributed by atoms with Gasteiger partial charge in [-0.15, -0.1) is 0 Å². The van der Waals surface area contributed by atoms with E-state index in [9.17, 15) is 9.90 Å². The first kappa shape index (κ1) is 29.5. The lowest BCUT2D eigenvalue weighted by Gasteiger charge is -2.12. The molecule has 0 aromatic carbocycles. The Bertz CT molecular complexity index is 340. The van der Waals surface area contributed by atoms with Crippen LogP contribution < -0.4 is 0 Å². The fraction of sp³-hybridized carbons (Fsp3) is 0.964. The molecule has 0 saturated carbocycles. The summed E-state index contributed by atoms with van der Waals surface area (Å²) in [6.45, 7) is 4.54. The largest absolute Gasteiger partial charge is 0.481 e. The first-order chi connectivity index (χ1) is 14.7. The highest BCUT2D eigenvalue weighted by Gasteiger charge is 2.16. The molecule has 0 amide bonds. The van der Waals surface area contributed by atoms with Crippen LogP contribution in [-0.2, 0) is 4.79 Å². The highest BCUT2D eigenvalue weighted by Crippen LogP contribution is 2.20. The second-order valence-corrected chi connectivity index (χ2v) is 9.68. The average molecular weight is 425 g/mol. The number of unbranched alkanes of at least 4 members (excludes halogenated alkanes) is 20. The van der Waals surface area contributed by atoms with Gasteiger partial charge >= 0.3 is 5.97 Å². The van der Waals surface area contributed by atoms with Gasteiger partial charge < -0.3 is 5.11 Å². The molecule has 0 fully saturated rings. The standard InChI is InChI=1S/C28H56O2/c1-3-5-7-9-11-13-15-16-18-20-22-24-26-27(28(29)30)25-23-21-19-17-14-12-10-8-6-4-2/h27H,3-26H2,1-2H3,(H,29,30). The summed E-state index contributed by atoms with van der Waals surface area (Å²) in [6.07, 6.45) is 31.1. The van der Waals surface area contributed by atoms with Gasteiger partial charge in [0.1, 0.15) is 0 Å². The molecule has 0 aromatic rings. The summed E-state index contributed by atoms with van der Waals surface area (Å²) in [5.74, 6) is -0.656. The molecule has 2 heteroatoms. The molecule has 0 radical (unpaired) electrons. The number of carboxylic acids is 1. The Labute approximate surface area is 190 Å². The fourth-order valence-electron chi connectivity index (χ4n) is 4.50. The van der Waals surface area contributed by atoms with Crippen molar-refractivity contribution in [3.63, 3.8) is 0 Å². The number of carboxylic acid groups (broad SMARTS) is 1. The van der Waals surface area contributed by atoms with Crippen molar-refractivity contribution >= 4 is 5.97 Å².